The molecule has 9 heteroatoms. The van der Waals surface area contributed by atoms with Crippen LogP contribution in [0.5, 0.6) is 5.75 Å². The first-order chi connectivity index (χ1) is 18.6. The second kappa shape index (κ2) is 11.1. The van der Waals surface area contributed by atoms with Gasteiger partial charge in [-0.1, -0.05) is 25.5 Å². The lowest BCUT2D eigenvalue weighted by molar-refractivity contribution is -0.146. The zero-order chi connectivity index (χ0) is 26.5. The molecule has 194 valence electrons. The molecule has 0 saturated carbocycles. The third-order valence-electron chi connectivity index (χ3n) is 6.36. The van der Waals surface area contributed by atoms with Crippen molar-refractivity contribution in [3.8, 4) is 5.75 Å². The van der Waals surface area contributed by atoms with Crippen LogP contribution < -0.4 is 15.4 Å². The maximum atomic E-state index is 13.5. The lowest BCUT2D eigenvalue weighted by Gasteiger charge is -2.19. The summed E-state index contributed by atoms with van der Waals surface area (Å²) in [5.41, 5.74) is 3.46. The standard InChI is InChI=1S/C29H29N5O4/c1-3-4-16-38-28(35)26(23-18-31-27-21(23)10-7-14-30-27)34-15-13-22-24(11-6-12-25(22)34)33-29(36)32-19-8-5-9-20(17-19)37-2/h5-15,17-18,26H,3-4,16H2,1-2H3,(H,30,31)(H2,32,33,36). The molecule has 0 spiro atoms. The predicted molar refractivity (Wildman–Crippen MR) is 148 cm³/mol. The van der Waals surface area contributed by atoms with Crippen molar-refractivity contribution in [2.24, 2.45) is 0 Å². The molecule has 0 aliphatic carbocycles. The summed E-state index contributed by atoms with van der Waals surface area (Å²) in [6, 6.07) is 17.2. The highest BCUT2D eigenvalue weighted by Gasteiger charge is 2.28. The number of aromatic nitrogens is 3. The molecule has 0 fully saturated rings. The smallest absolute Gasteiger partial charge is 0.333 e. The van der Waals surface area contributed by atoms with Gasteiger partial charge in [0, 0.05) is 46.7 Å². The molecule has 3 aromatic heterocycles. The van der Waals surface area contributed by atoms with Crippen molar-refractivity contribution in [3.05, 3.63) is 84.8 Å². The lowest BCUT2D eigenvalue weighted by atomic mass is 10.1. The molecule has 1 atom stereocenters. The van der Waals surface area contributed by atoms with Crippen LogP contribution >= 0.6 is 0 Å². The molecule has 0 aliphatic rings. The molecule has 1 unspecified atom stereocenters. The Bertz CT molecular complexity index is 1590. The van der Waals surface area contributed by atoms with Gasteiger partial charge in [-0.25, -0.2) is 14.6 Å². The number of urea groups is 1. The van der Waals surface area contributed by atoms with E-state index in [1.807, 2.05) is 47.2 Å². The van der Waals surface area contributed by atoms with Crippen LogP contribution in [0, 0.1) is 0 Å². The number of anilines is 2. The summed E-state index contributed by atoms with van der Waals surface area (Å²) in [7, 11) is 1.57. The zero-order valence-corrected chi connectivity index (χ0v) is 21.2. The van der Waals surface area contributed by atoms with E-state index in [0.29, 0.717) is 29.4 Å². The first kappa shape index (κ1) is 24.9. The number of benzene rings is 2. The van der Waals surface area contributed by atoms with Crippen molar-refractivity contribution in [1.29, 1.82) is 0 Å². The largest absolute Gasteiger partial charge is 0.497 e. The van der Waals surface area contributed by atoms with Gasteiger partial charge in [-0.2, -0.15) is 0 Å². The molecular formula is C29H29N5O4. The summed E-state index contributed by atoms with van der Waals surface area (Å²) in [5, 5.41) is 7.38. The van der Waals surface area contributed by atoms with Crippen molar-refractivity contribution in [3.63, 3.8) is 0 Å². The van der Waals surface area contributed by atoms with E-state index in [0.717, 1.165) is 34.7 Å². The number of nitrogens with one attached hydrogen (secondary N) is 3. The van der Waals surface area contributed by atoms with Crippen LogP contribution in [-0.4, -0.2) is 40.3 Å². The average Bonchev–Trinajstić information content (AvgIpc) is 3.55. The van der Waals surface area contributed by atoms with Crippen LogP contribution in [-0.2, 0) is 9.53 Å². The van der Waals surface area contributed by atoms with Crippen LogP contribution in [0.2, 0.25) is 0 Å². The van der Waals surface area contributed by atoms with Gasteiger partial charge in [-0.15, -0.1) is 0 Å². The minimum Gasteiger partial charge on any atom is -0.497 e. The molecule has 0 radical (unpaired) electrons. The third kappa shape index (κ3) is 5.04. The quantitative estimate of drug-likeness (QED) is 0.164. The van der Waals surface area contributed by atoms with E-state index in [1.165, 1.54) is 0 Å². The third-order valence-corrected chi connectivity index (χ3v) is 6.36. The molecule has 5 rings (SSSR count). The van der Waals surface area contributed by atoms with E-state index in [2.05, 4.69) is 27.5 Å². The van der Waals surface area contributed by atoms with Crippen LogP contribution in [0.3, 0.4) is 0 Å². The molecule has 9 nitrogen and oxygen atoms in total. The van der Waals surface area contributed by atoms with Gasteiger partial charge in [-0.3, -0.25) is 0 Å². The second-order valence-corrected chi connectivity index (χ2v) is 8.84. The summed E-state index contributed by atoms with van der Waals surface area (Å²) >= 11 is 0. The monoisotopic (exact) mass is 511 g/mol. The fraction of sp³-hybridized carbons (Fsp3) is 0.207. The van der Waals surface area contributed by atoms with Crippen molar-refractivity contribution in [2.75, 3.05) is 24.4 Å². The highest BCUT2D eigenvalue weighted by Crippen LogP contribution is 2.33. The number of methoxy groups -OCH3 is 1. The molecule has 5 aromatic rings. The van der Waals surface area contributed by atoms with E-state index < -0.39 is 12.1 Å². The summed E-state index contributed by atoms with van der Waals surface area (Å²) in [6.07, 6.45) is 7.07. The van der Waals surface area contributed by atoms with Crippen LogP contribution in [0.1, 0.15) is 31.4 Å². The zero-order valence-electron chi connectivity index (χ0n) is 21.2. The van der Waals surface area contributed by atoms with Gasteiger partial charge < -0.3 is 29.7 Å². The highest BCUT2D eigenvalue weighted by atomic mass is 16.5. The van der Waals surface area contributed by atoms with Crippen LogP contribution in [0.15, 0.2) is 79.3 Å². The van der Waals surface area contributed by atoms with Crippen molar-refractivity contribution < 1.29 is 19.1 Å². The molecule has 2 amide bonds. The van der Waals surface area contributed by atoms with Crippen molar-refractivity contribution >= 4 is 45.3 Å². The van der Waals surface area contributed by atoms with Gasteiger partial charge in [0.1, 0.15) is 11.4 Å². The van der Waals surface area contributed by atoms with Crippen LogP contribution in [0.4, 0.5) is 16.2 Å². The molecule has 3 N–H and O–H groups in total. The number of amides is 2. The summed E-state index contributed by atoms with van der Waals surface area (Å²) in [6.45, 7) is 2.40. The van der Waals surface area contributed by atoms with Gasteiger partial charge in [0.15, 0.2) is 6.04 Å². The molecule has 38 heavy (non-hydrogen) atoms. The highest BCUT2D eigenvalue weighted by molar-refractivity contribution is 6.06. The fourth-order valence-corrected chi connectivity index (χ4v) is 4.50. The lowest BCUT2D eigenvalue weighted by Crippen LogP contribution is -2.23. The SMILES string of the molecule is CCCCOC(=O)C(c1c[nH]c2ncccc12)n1ccc2c(NC(=O)Nc3cccc(OC)c3)cccc21. The number of nitrogens with zero attached hydrogens (tertiary/aromatic N) is 2. The molecule has 0 aliphatic heterocycles. The number of H-pyrrole nitrogens is 1. The Morgan fingerprint density at radius 2 is 1.92 bits per heavy atom. The van der Waals surface area contributed by atoms with Gasteiger partial charge in [0.05, 0.1) is 24.9 Å². The van der Waals surface area contributed by atoms with E-state index in [4.69, 9.17) is 9.47 Å². The summed E-state index contributed by atoms with van der Waals surface area (Å²) in [5.74, 6) is 0.293. The number of carbonyl (C=O) groups is 2. The summed E-state index contributed by atoms with van der Waals surface area (Å²) < 4.78 is 12.8. The van der Waals surface area contributed by atoms with Gasteiger partial charge >= 0.3 is 12.0 Å². The number of hydrogen-bond donors (Lipinski definition) is 3. The number of carbonyl (C=O) groups excluding carboxylic acids is 2. The molecule has 0 saturated heterocycles. The Hall–Kier alpha value is -4.79. The number of ether oxygens (including phenoxy) is 2. The Balaban J connectivity index is 1.48. The van der Waals surface area contributed by atoms with Gasteiger partial charge in [0.25, 0.3) is 0 Å². The molecule has 2 aromatic carbocycles. The predicted octanol–water partition coefficient (Wildman–Crippen LogP) is 6.10. The van der Waals surface area contributed by atoms with Gasteiger partial charge in [-0.05, 0) is 48.9 Å². The van der Waals surface area contributed by atoms with Crippen molar-refractivity contribution in [1.82, 2.24) is 14.5 Å². The Morgan fingerprint density at radius 3 is 2.76 bits per heavy atom. The maximum absolute atomic E-state index is 13.5. The Morgan fingerprint density at radius 1 is 1.05 bits per heavy atom. The maximum Gasteiger partial charge on any atom is 0.333 e. The van der Waals surface area contributed by atoms with Gasteiger partial charge in [0.2, 0.25) is 0 Å². The normalized spacial score (nSPS) is 11.8. The first-order valence-corrected chi connectivity index (χ1v) is 12.5. The number of esters is 1. The second-order valence-electron chi connectivity index (χ2n) is 8.84. The number of rotatable bonds is 9. The Labute approximate surface area is 219 Å². The van der Waals surface area contributed by atoms with E-state index in [9.17, 15) is 9.59 Å². The number of pyridine rings is 1. The van der Waals surface area contributed by atoms with Crippen molar-refractivity contribution in [2.45, 2.75) is 25.8 Å². The molecule has 0 bridgehead atoms. The number of fused-ring (bicyclic) bond motifs is 2. The number of aromatic amines is 1. The van der Waals surface area contributed by atoms with E-state index in [1.54, 1.807) is 43.8 Å². The number of hydrogen-bond acceptors (Lipinski definition) is 5. The minimum atomic E-state index is -0.733. The fourth-order valence-electron chi connectivity index (χ4n) is 4.50. The number of unbranched alkanes of at least 4 members (excludes halogenated alkanes) is 1. The average molecular weight is 512 g/mol. The molecule has 3 heterocycles. The topological polar surface area (TPSA) is 110 Å². The Kier molecular flexibility index (Phi) is 7.26. The van der Waals surface area contributed by atoms with E-state index >= 15 is 0 Å². The van der Waals surface area contributed by atoms with E-state index in [-0.39, 0.29) is 5.97 Å². The first-order valence-electron chi connectivity index (χ1n) is 12.5. The minimum absolute atomic E-state index is 0.350. The summed E-state index contributed by atoms with van der Waals surface area (Å²) in [4.78, 5) is 33.8. The van der Waals surface area contributed by atoms with Crippen LogP contribution in [0.25, 0.3) is 21.9 Å². The molecular weight excluding hydrogens is 482 g/mol.